The molecule has 0 fully saturated rings. The van der Waals surface area contributed by atoms with Crippen LogP contribution >= 0.6 is 11.8 Å². The molecule has 5 heteroatoms. The van der Waals surface area contributed by atoms with Gasteiger partial charge in [0.25, 0.3) is 0 Å². The largest absolute Gasteiger partial charge is 0.493 e. The Morgan fingerprint density at radius 1 is 0.828 bits per heavy atom. The van der Waals surface area contributed by atoms with Crippen molar-refractivity contribution in [3.8, 4) is 11.4 Å². The maximum absolute atomic E-state index is 5.85. The Balaban J connectivity index is 1.48. The third-order valence-corrected chi connectivity index (χ3v) is 5.42. The van der Waals surface area contributed by atoms with Crippen molar-refractivity contribution in [2.45, 2.75) is 18.5 Å². The Hall–Kier alpha value is -3.05. The van der Waals surface area contributed by atoms with Gasteiger partial charge in [-0.1, -0.05) is 78.0 Å². The number of thioether (sulfide) groups is 1. The molecule has 1 aromatic heterocycles. The molecule has 3 aromatic carbocycles. The zero-order valence-corrected chi connectivity index (χ0v) is 17.2. The van der Waals surface area contributed by atoms with Crippen molar-refractivity contribution in [3.05, 3.63) is 102 Å². The first-order valence-electron chi connectivity index (χ1n) is 9.65. The predicted octanol–water partition coefficient (Wildman–Crippen LogP) is 5.34. The molecule has 0 radical (unpaired) electrons. The van der Waals surface area contributed by atoms with Crippen LogP contribution in [0.2, 0.25) is 0 Å². The molecule has 29 heavy (non-hydrogen) atoms. The van der Waals surface area contributed by atoms with Gasteiger partial charge in [0, 0.05) is 17.9 Å². The highest BCUT2D eigenvalue weighted by Crippen LogP contribution is 2.23. The van der Waals surface area contributed by atoms with Gasteiger partial charge in [-0.3, -0.25) is 4.57 Å². The summed E-state index contributed by atoms with van der Waals surface area (Å²) in [7, 11) is 0. The second-order valence-corrected chi connectivity index (χ2v) is 7.80. The SMILES string of the molecule is Cc1ccc(OCCSc2nnc(Cc3ccccc3)n2-c2ccccc2)cc1. The Bertz CT molecular complexity index is 1030. The van der Waals surface area contributed by atoms with Crippen molar-refractivity contribution in [3.63, 3.8) is 0 Å². The van der Waals surface area contributed by atoms with E-state index in [-0.39, 0.29) is 0 Å². The number of aryl methyl sites for hydroxylation is 1. The Kier molecular flexibility index (Phi) is 6.27. The number of hydrogen-bond acceptors (Lipinski definition) is 4. The number of rotatable bonds is 8. The van der Waals surface area contributed by atoms with E-state index >= 15 is 0 Å². The number of benzene rings is 3. The summed E-state index contributed by atoms with van der Waals surface area (Å²) in [5, 5.41) is 9.83. The molecule has 0 aliphatic carbocycles. The highest BCUT2D eigenvalue weighted by Gasteiger charge is 2.14. The fourth-order valence-electron chi connectivity index (χ4n) is 3.05. The summed E-state index contributed by atoms with van der Waals surface area (Å²) in [4.78, 5) is 0. The molecule has 0 bridgehead atoms. The van der Waals surface area contributed by atoms with E-state index in [2.05, 4.69) is 70.2 Å². The fraction of sp³-hybridized carbons (Fsp3) is 0.167. The minimum Gasteiger partial charge on any atom is -0.493 e. The minimum absolute atomic E-state index is 0.614. The molecule has 0 atom stereocenters. The zero-order chi connectivity index (χ0) is 19.9. The Morgan fingerprint density at radius 3 is 2.24 bits per heavy atom. The lowest BCUT2D eigenvalue weighted by Crippen LogP contribution is -2.05. The quantitative estimate of drug-likeness (QED) is 0.295. The van der Waals surface area contributed by atoms with Crippen molar-refractivity contribution in [2.75, 3.05) is 12.4 Å². The van der Waals surface area contributed by atoms with Gasteiger partial charge in [-0.2, -0.15) is 0 Å². The van der Waals surface area contributed by atoms with E-state index in [1.165, 1.54) is 11.1 Å². The molecule has 0 saturated heterocycles. The minimum atomic E-state index is 0.614. The lowest BCUT2D eigenvalue weighted by molar-refractivity contribution is 0.344. The zero-order valence-electron chi connectivity index (χ0n) is 16.4. The third kappa shape index (κ3) is 5.06. The van der Waals surface area contributed by atoms with Crippen molar-refractivity contribution in [1.82, 2.24) is 14.8 Å². The number of nitrogens with zero attached hydrogens (tertiary/aromatic N) is 3. The second-order valence-electron chi connectivity index (χ2n) is 6.74. The monoisotopic (exact) mass is 401 g/mol. The van der Waals surface area contributed by atoms with Crippen molar-refractivity contribution in [1.29, 1.82) is 0 Å². The van der Waals surface area contributed by atoms with E-state index in [0.29, 0.717) is 6.61 Å². The van der Waals surface area contributed by atoms with Crippen LogP contribution in [-0.2, 0) is 6.42 Å². The summed E-state index contributed by atoms with van der Waals surface area (Å²) in [5.74, 6) is 2.62. The number of aromatic nitrogens is 3. The van der Waals surface area contributed by atoms with Crippen LogP contribution in [0.5, 0.6) is 5.75 Å². The average Bonchev–Trinajstić information content (AvgIpc) is 3.16. The van der Waals surface area contributed by atoms with Crippen LogP contribution in [-0.4, -0.2) is 27.1 Å². The van der Waals surface area contributed by atoms with Gasteiger partial charge in [-0.15, -0.1) is 10.2 Å². The number of hydrogen-bond donors (Lipinski definition) is 0. The summed E-state index contributed by atoms with van der Waals surface area (Å²) in [6.45, 7) is 2.69. The van der Waals surface area contributed by atoms with Crippen LogP contribution in [0.15, 0.2) is 90.1 Å². The average molecular weight is 402 g/mol. The van der Waals surface area contributed by atoms with Gasteiger partial charge in [0.2, 0.25) is 0 Å². The second kappa shape index (κ2) is 9.43. The standard InChI is InChI=1S/C24H23N3OS/c1-19-12-14-22(15-13-19)28-16-17-29-24-26-25-23(18-20-8-4-2-5-9-20)27(24)21-10-6-3-7-11-21/h2-15H,16-18H2,1H3. The van der Waals surface area contributed by atoms with Gasteiger partial charge < -0.3 is 4.74 Å². The van der Waals surface area contributed by atoms with E-state index in [1.54, 1.807) is 11.8 Å². The van der Waals surface area contributed by atoms with Crippen LogP contribution in [0.1, 0.15) is 17.0 Å². The van der Waals surface area contributed by atoms with Gasteiger partial charge >= 0.3 is 0 Å². The molecule has 0 N–H and O–H groups in total. The molecule has 0 aliphatic heterocycles. The van der Waals surface area contributed by atoms with Crippen LogP contribution in [0.4, 0.5) is 0 Å². The van der Waals surface area contributed by atoms with Crippen molar-refractivity contribution >= 4 is 11.8 Å². The van der Waals surface area contributed by atoms with E-state index in [0.717, 1.165) is 34.6 Å². The molecule has 146 valence electrons. The number of para-hydroxylation sites is 1. The molecule has 0 amide bonds. The molecule has 4 rings (SSSR count). The van der Waals surface area contributed by atoms with E-state index < -0.39 is 0 Å². The molecule has 0 unspecified atom stereocenters. The summed E-state index contributed by atoms with van der Waals surface area (Å²) >= 11 is 1.66. The van der Waals surface area contributed by atoms with Crippen LogP contribution in [0.25, 0.3) is 5.69 Å². The molecular formula is C24H23N3OS. The van der Waals surface area contributed by atoms with Gasteiger partial charge in [0.05, 0.1) is 6.61 Å². The molecular weight excluding hydrogens is 378 g/mol. The smallest absolute Gasteiger partial charge is 0.195 e. The maximum atomic E-state index is 5.85. The van der Waals surface area contributed by atoms with Crippen LogP contribution in [0.3, 0.4) is 0 Å². The van der Waals surface area contributed by atoms with Crippen LogP contribution < -0.4 is 4.74 Å². The first kappa shape index (κ1) is 19.3. The third-order valence-electron chi connectivity index (χ3n) is 4.52. The molecule has 0 saturated carbocycles. The Labute approximate surface area is 175 Å². The highest BCUT2D eigenvalue weighted by molar-refractivity contribution is 7.99. The molecule has 4 nitrogen and oxygen atoms in total. The van der Waals surface area contributed by atoms with Crippen LogP contribution in [0, 0.1) is 6.92 Å². The molecule has 0 spiro atoms. The van der Waals surface area contributed by atoms with Gasteiger partial charge in [0.15, 0.2) is 5.16 Å². The number of ether oxygens (including phenoxy) is 1. The fourth-order valence-corrected chi connectivity index (χ4v) is 3.84. The molecule has 4 aromatic rings. The van der Waals surface area contributed by atoms with E-state index in [1.807, 2.05) is 36.4 Å². The first-order valence-corrected chi connectivity index (χ1v) is 10.6. The van der Waals surface area contributed by atoms with Crippen molar-refractivity contribution < 1.29 is 4.74 Å². The van der Waals surface area contributed by atoms with Crippen molar-refractivity contribution in [2.24, 2.45) is 0 Å². The van der Waals surface area contributed by atoms with Gasteiger partial charge in [-0.05, 0) is 36.8 Å². The molecule has 1 heterocycles. The summed E-state index contributed by atoms with van der Waals surface area (Å²) in [5.41, 5.74) is 3.52. The summed E-state index contributed by atoms with van der Waals surface area (Å²) in [6.07, 6.45) is 0.739. The summed E-state index contributed by atoms with van der Waals surface area (Å²) < 4.78 is 7.99. The lowest BCUT2D eigenvalue weighted by atomic mass is 10.1. The predicted molar refractivity (Wildman–Crippen MR) is 118 cm³/mol. The van der Waals surface area contributed by atoms with Gasteiger partial charge in [0.1, 0.15) is 11.6 Å². The van der Waals surface area contributed by atoms with E-state index in [4.69, 9.17) is 4.74 Å². The van der Waals surface area contributed by atoms with Gasteiger partial charge in [-0.25, -0.2) is 0 Å². The molecule has 0 aliphatic rings. The van der Waals surface area contributed by atoms with E-state index in [9.17, 15) is 0 Å². The lowest BCUT2D eigenvalue weighted by Gasteiger charge is -2.11. The highest BCUT2D eigenvalue weighted by atomic mass is 32.2. The maximum Gasteiger partial charge on any atom is 0.195 e. The first-order chi connectivity index (χ1) is 14.3. The summed E-state index contributed by atoms with van der Waals surface area (Å²) in [6, 6.07) is 28.8. The Morgan fingerprint density at radius 2 is 1.52 bits per heavy atom. The topological polar surface area (TPSA) is 39.9 Å². The normalized spacial score (nSPS) is 10.8.